The number of aliphatic imine (C=N–C) groups is 1. The molecule has 2 amide bonds. The minimum absolute atomic E-state index is 0.0753. The molecule has 0 spiro atoms. The predicted molar refractivity (Wildman–Crippen MR) is 104 cm³/mol. The van der Waals surface area contributed by atoms with E-state index in [4.69, 9.17) is 5.73 Å². The van der Waals surface area contributed by atoms with E-state index in [1.807, 2.05) is 0 Å². The third kappa shape index (κ3) is 4.34. The number of alkyl halides is 3. The van der Waals surface area contributed by atoms with Crippen molar-refractivity contribution in [2.24, 2.45) is 4.99 Å². The molecule has 3 heterocycles. The molecular formula is C15H15F3N6O7S2. The van der Waals surface area contributed by atoms with Crippen LogP contribution in [0.3, 0.4) is 0 Å². The van der Waals surface area contributed by atoms with Crippen molar-refractivity contribution in [1.29, 1.82) is 0 Å². The maximum absolute atomic E-state index is 12.7. The van der Waals surface area contributed by atoms with Gasteiger partial charge in [-0.25, -0.2) is 4.79 Å². The van der Waals surface area contributed by atoms with Crippen molar-refractivity contribution >= 4 is 50.3 Å². The monoisotopic (exact) mass is 512 g/mol. The van der Waals surface area contributed by atoms with E-state index in [0.29, 0.717) is 0 Å². The van der Waals surface area contributed by atoms with Gasteiger partial charge in [0.25, 0.3) is 11.8 Å². The number of nitrogen functional groups attached to an aromatic ring is 1. The highest BCUT2D eigenvalue weighted by molar-refractivity contribution is 7.87. The number of amides is 2. The molecule has 1 saturated heterocycles. The van der Waals surface area contributed by atoms with E-state index in [2.05, 4.69) is 28.6 Å². The number of methoxy groups -OCH3 is 1. The van der Waals surface area contributed by atoms with E-state index in [1.54, 1.807) is 0 Å². The summed E-state index contributed by atoms with van der Waals surface area (Å²) in [5.41, 5.74) is -1.29. The first kappa shape index (κ1) is 24.4. The molecule has 0 aromatic carbocycles. The van der Waals surface area contributed by atoms with Gasteiger partial charge in [-0.15, -0.1) is 0 Å². The number of β-lactam (4-membered cyclic amide) rings is 1. The largest absolute Gasteiger partial charge is 0.534 e. The summed E-state index contributed by atoms with van der Waals surface area (Å²) in [7, 11) is -3.93. The maximum atomic E-state index is 12.7. The van der Waals surface area contributed by atoms with Crippen LogP contribution in [0.4, 0.5) is 18.3 Å². The van der Waals surface area contributed by atoms with E-state index in [9.17, 15) is 36.0 Å². The Labute approximate surface area is 187 Å². The zero-order chi connectivity index (χ0) is 24.7. The van der Waals surface area contributed by atoms with Gasteiger partial charge in [-0.05, 0) is 6.42 Å². The Morgan fingerprint density at radius 3 is 2.55 bits per heavy atom. The van der Waals surface area contributed by atoms with Crippen molar-refractivity contribution < 1.29 is 44.9 Å². The number of hydrogen-bond donors (Lipinski definition) is 2. The summed E-state index contributed by atoms with van der Waals surface area (Å²) in [6.07, 6.45) is -0.583. The van der Waals surface area contributed by atoms with E-state index in [-0.39, 0.29) is 23.1 Å². The number of carbonyl (C=O) groups is 3. The van der Waals surface area contributed by atoms with E-state index in [0.717, 1.165) is 23.5 Å². The molecular weight excluding hydrogens is 497 g/mol. The van der Waals surface area contributed by atoms with Crippen LogP contribution in [0.5, 0.6) is 0 Å². The van der Waals surface area contributed by atoms with Crippen molar-refractivity contribution in [3.63, 3.8) is 0 Å². The second kappa shape index (κ2) is 8.58. The van der Waals surface area contributed by atoms with Crippen molar-refractivity contribution in [3.8, 4) is 0 Å². The van der Waals surface area contributed by atoms with Gasteiger partial charge in [-0.3, -0.25) is 19.5 Å². The number of nitrogens with zero attached hydrogens (tertiary/aromatic N) is 4. The fraction of sp³-hybridized carbons (Fsp3) is 0.467. The van der Waals surface area contributed by atoms with Gasteiger partial charge in [0.05, 0.1) is 13.2 Å². The predicted octanol–water partition coefficient (Wildman–Crippen LogP) is -0.721. The molecule has 2 unspecified atom stereocenters. The SMILES string of the molecule is CN=C(C(=O)NC1C(=O)N2C(C(=O)OC)=C(OS(=O)(=O)C(F)(F)F)CCC12)c1nsc(N)n1. The van der Waals surface area contributed by atoms with Crippen molar-refractivity contribution in [2.75, 3.05) is 19.9 Å². The molecule has 180 valence electrons. The highest BCUT2D eigenvalue weighted by Crippen LogP contribution is 2.39. The zero-order valence-corrected chi connectivity index (χ0v) is 18.4. The summed E-state index contributed by atoms with van der Waals surface area (Å²) in [6, 6.07) is -2.08. The molecule has 18 heteroatoms. The molecule has 1 aromatic rings. The average Bonchev–Trinajstić information content (AvgIpc) is 3.16. The van der Waals surface area contributed by atoms with Gasteiger partial charge < -0.3 is 20.0 Å². The van der Waals surface area contributed by atoms with Crippen LogP contribution in [0.1, 0.15) is 18.7 Å². The molecule has 2 atom stereocenters. The normalized spacial score (nSPS) is 21.3. The number of anilines is 1. The van der Waals surface area contributed by atoms with Crippen LogP contribution in [0.25, 0.3) is 0 Å². The number of carbonyl (C=O) groups excluding carboxylic acids is 3. The highest BCUT2D eigenvalue weighted by atomic mass is 32.2. The summed E-state index contributed by atoms with van der Waals surface area (Å²) in [4.78, 5) is 45.7. The zero-order valence-electron chi connectivity index (χ0n) is 16.7. The number of halogens is 3. The number of nitrogens with two attached hydrogens (primary N) is 1. The van der Waals surface area contributed by atoms with Crippen LogP contribution in [-0.2, 0) is 33.4 Å². The third-order valence-electron chi connectivity index (χ3n) is 4.64. The molecule has 1 aromatic heterocycles. The number of rotatable bonds is 6. The summed E-state index contributed by atoms with van der Waals surface area (Å²) < 4.78 is 73.4. The summed E-state index contributed by atoms with van der Waals surface area (Å²) >= 11 is 0.815. The molecule has 0 saturated carbocycles. The highest BCUT2D eigenvalue weighted by Gasteiger charge is 2.56. The van der Waals surface area contributed by atoms with Gasteiger partial charge >= 0.3 is 21.6 Å². The smallest absolute Gasteiger partial charge is 0.464 e. The number of esters is 1. The van der Waals surface area contributed by atoms with Crippen LogP contribution >= 0.6 is 11.5 Å². The van der Waals surface area contributed by atoms with Crippen LogP contribution in [-0.4, -0.2) is 77.9 Å². The van der Waals surface area contributed by atoms with Gasteiger partial charge in [0, 0.05) is 25.0 Å². The van der Waals surface area contributed by atoms with Gasteiger partial charge in [-0.2, -0.15) is 30.9 Å². The number of ether oxygens (including phenoxy) is 1. The van der Waals surface area contributed by atoms with Gasteiger partial charge in [0.1, 0.15) is 6.04 Å². The van der Waals surface area contributed by atoms with Crippen molar-refractivity contribution in [2.45, 2.75) is 30.4 Å². The van der Waals surface area contributed by atoms with Crippen LogP contribution in [0.15, 0.2) is 16.4 Å². The quantitative estimate of drug-likeness (QED) is 0.162. The number of fused-ring (bicyclic) bond motifs is 1. The summed E-state index contributed by atoms with van der Waals surface area (Å²) in [5, 5.41) is 2.47. The minimum atomic E-state index is -6.09. The Morgan fingerprint density at radius 2 is 2.03 bits per heavy atom. The molecule has 2 aliphatic heterocycles. The standard InChI is InChI=1S/C15H15F3N6O7S2/c1-20-8(10-22-14(19)32-23-10)11(25)21-7-5-3-4-6(31-33(28,29)15(16,17)18)9(13(27)30-2)24(5)12(7)26/h5,7H,3-4H2,1-2H3,(H,21,25)(H2,19,22,23). The Hall–Kier alpha value is -3.28. The molecule has 13 nitrogen and oxygen atoms in total. The first-order valence-corrected chi connectivity index (χ1v) is 11.0. The summed E-state index contributed by atoms with van der Waals surface area (Å²) in [6.45, 7) is 0. The number of allylic oxidation sites excluding steroid dienone is 1. The van der Waals surface area contributed by atoms with Crippen LogP contribution in [0, 0.1) is 0 Å². The van der Waals surface area contributed by atoms with Crippen LogP contribution < -0.4 is 11.1 Å². The van der Waals surface area contributed by atoms with E-state index < -0.39 is 63.4 Å². The molecule has 0 bridgehead atoms. The first-order valence-electron chi connectivity index (χ1n) is 8.84. The lowest BCUT2D eigenvalue weighted by Crippen LogP contribution is -2.72. The number of nitrogens with one attached hydrogen (secondary N) is 1. The minimum Gasteiger partial charge on any atom is -0.464 e. The van der Waals surface area contributed by atoms with Gasteiger partial charge in [-0.1, -0.05) is 0 Å². The molecule has 33 heavy (non-hydrogen) atoms. The maximum Gasteiger partial charge on any atom is 0.534 e. The lowest BCUT2D eigenvalue weighted by atomic mass is 9.85. The second-order valence-electron chi connectivity index (χ2n) is 6.54. The Morgan fingerprint density at radius 1 is 1.36 bits per heavy atom. The first-order chi connectivity index (χ1) is 15.3. The summed E-state index contributed by atoms with van der Waals surface area (Å²) in [5.74, 6) is -4.00. The molecule has 0 radical (unpaired) electrons. The van der Waals surface area contributed by atoms with E-state index in [1.165, 1.54) is 7.05 Å². The second-order valence-corrected chi connectivity index (χ2v) is 8.86. The molecule has 3 rings (SSSR count). The van der Waals surface area contributed by atoms with Gasteiger partial charge in [0.15, 0.2) is 28.1 Å². The van der Waals surface area contributed by atoms with Crippen molar-refractivity contribution in [3.05, 3.63) is 17.3 Å². The Bertz CT molecular complexity index is 1180. The molecule has 2 aliphatic rings. The lowest BCUT2D eigenvalue weighted by molar-refractivity contribution is -0.157. The van der Waals surface area contributed by atoms with Gasteiger partial charge in [0.2, 0.25) is 0 Å². The third-order valence-corrected chi connectivity index (χ3v) is 6.17. The Balaban J connectivity index is 1.85. The number of hydrogen-bond acceptors (Lipinski definition) is 12. The van der Waals surface area contributed by atoms with E-state index >= 15 is 0 Å². The number of aromatic nitrogens is 2. The molecule has 3 N–H and O–H groups in total. The Kier molecular flexibility index (Phi) is 6.33. The average molecular weight is 512 g/mol. The van der Waals surface area contributed by atoms with Crippen molar-refractivity contribution in [1.82, 2.24) is 19.6 Å². The molecule has 0 aliphatic carbocycles. The van der Waals surface area contributed by atoms with Crippen LogP contribution in [0.2, 0.25) is 0 Å². The molecule has 1 fully saturated rings. The fourth-order valence-electron chi connectivity index (χ4n) is 3.22. The topological polar surface area (TPSA) is 183 Å². The fourth-order valence-corrected chi connectivity index (χ4v) is 4.18. The lowest BCUT2D eigenvalue weighted by Gasteiger charge is -2.49.